The highest BCUT2D eigenvalue weighted by Crippen LogP contribution is 2.38. The summed E-state index contributed by atoms with van der Waals surface area (Å²) in [6.07, 6.45) is 4.78. The summed E-state index contributed by atoms with van der Waals surface area (Å²) < 4.78 is 19.3. The van der Waals surface area contributed by atoms with Crippen LogP contribution in [-0.2, 0) is 11.2 Å². The fourth-order valence-corrected chi connectivity index (χ4v) is 3.70. The molecule has 1 aromatic carbocycles. The predicted octanol–water partition coefficient (Wildman–Crippen LogP) is 3.45. The van der Waals surface area contributed by atoms with Crippen molar-refractivity contribution in [3.63, 3.8) is 0 Å². The fraction of sp³-hybridized carbons (Fsp3) is 0.625. The molecule has 0 radical (unpaired) electrons. The lowest BCUT2D eigenvalue weighted by Crippen LogP contribution is -2.57. The summed E-state index contributed by atoms with van der Waals surface area (Å²) >= 11 is 6.18. The van der Waals surface area contributed by atoms with Gasteiger partial charge < -0.3 is 4.74 Å². The molecule has 0 amide bonds. The quantitative estimate of drug-likeness (QED) is 0.646. The van der Waals surface area contributed by atoms with E-state index in [1.807, 2.05) is 0 Å². The van der Waals surface area contributed by atoms with Crippen LogP contribution >= 0.6 is 11.6 Å². The first-order valence-corrected chi connectivity index (χ1v) is 7.84. The van der Waals surface area contributed by atoms with Gasteiger partial charge in [-0.15, -0.1) is 0 Å². The molecule has 3 N–H and O–H groups in total. The van der Waals surface area contributed by atoms with E-state index in [0.29, 0.717) is 17.4 Å². The molecule has 0 aromatic heterocycles. The topological polar surface area (TPSA) is 47.3 Å². The van der Waals surface area contributed by atoms with E-state index in [9.17, 15) is 4.39 Å². The minimum absolute atomic E-state index is 0.0930. The van der Waals surface area contributed by atoms with E-state index < -0.39 is 0 Å². The number of rotatable bonds is 5. The molecule has 2 rings (SSSR count). The zero-order chi connectivity index (χ0) is 15.5. The van der Waals surface area contributed by atoms with Crippen LogP contribution in [0, 0.1) is 11.7 Å². The Morgan fingerprint density at radius 3 is 2.95 bits per heavy atom. The van der Waals surface area contributed by atoms with E-state index in [0.717, 1.165) is 24.8 Å². The highest BCUT2D eigenvalue weighted by Gasteiger charge is 2.42. The third-order valence-electron chi connectivity index (χ3n) is 4.67. The van der Waals surface area contributed by atoms with Gasteiger partial charge in [0, 0.05) is 12.1 Å². The molecule has 0 heterocycles. The fourth-order valence-electron chi connectivity index (χ4n) is 3.50. The van der Waals surface area contributed by atoms with Crippen molar-refractivity contribution in [3.05, 3.63) is 34.6 Å². The maximum Gasteiger partial charge on any atom is 0.123 e. The first-order chi connectivity index (χ1) is 10.0. The number of nitrogens with two attached hydrogens (primary N) is 1. The first kappa shape index (κ1) is 16.7. The molecule has 1 fully saturated rings. The van der Waals surface area contributed by atoms with E-state index >= 15 is 0 Å². The number of benzene rings is 1. The number of nitrogens with one attached hydrogen (secondary N) is 1. The first-order valence-electron chi connectivity index (χ1n) is 7.46. The largest absolute Gasteiger partial charge is 0.377 e. The number of methoxy groups -OCH3 is 1. The van der Waals surface area contributed by atoms with Crippen molar-refractivity contribution in [3.8, 4) is 0 Å². The number of halogens is 2. The average Bonchev–Trinajstić information content (AvgIpc) is 2.48. The van der Waals surface area contributed by atoms with Gasteiger partial charge >= 0.3 is 0 Å². The molecule has 3 unspecified atom stereocenters. The number of hydrogen-bond donors (Lipinski definition) is 2. The van der Waals surface area contributed by atoms with Crippen molar-refractivity contribution < 1.29 is 9.13 Å². The smallest absolute Gasteiger partial charge is 0.123 e. The van der Waals surface area contributed by atoms with Crippen LogP contribution in [0.15, 0.2) is 18.2 Å². The van der Waals surface area contributed by atoms with Crippen molar-refractivity contribution >= 4 is 11.6 Å². The zero-order valence-corrected chi connectivity index (χ0v) is 13.4. The lowest BCUT2D eigenvalue weighted by atomic mass is 9.73. The van der Waals surface area contributed by atoms with Crippen LogP contribution in [0.25, 0.3) is 0 Å². The van der Waals surface area contributed by atoms with Gasteiger partial charge in [0.05, 0.1) is 11.6 Å². The lowest BCUT2D eigenvalue weighted by molar-refractivity contribution is -0.0791. The Bertz CT molecular complexity index is 485. The summed E-state index contributed by atoms with van der Waals surface area (Å²) in [7, 11) is 1.73. The van der Waals surface area contributed by atoms with Crippen LogP contribution in [0.3, 0.4) is 0 Å². The van der Waals surface area contributed by atoms with Crippen LogP contribution in [-0.4, -0.2) is 18.8 Å². The molecule has 3 atom stereocenters. The molecule has 1 aliphatic carbocycles. The molecule has 0 aliphatic heterocycles. The number of ether oxygens (including phenoxy) is 1. The summed E-state index contributed by atoms with van der Waals surface area (Å²) in [6.45, 7) is 2.23. The molecule has 21 heavy (non-hydrogen) atoms. The molecule has 118 valence electrons. The van der Waals surface area contributed by atoms with Crippen molar-refractivity contribution in [2.75, 3.05) is 7.11 Å². The normalized spacial score (nSPS) is 27.6. The van der Waals surface area contributed by atoms with Gasteiger partial charge in [-0.1, -0.05) is 31.4 Å². The molecular weight excluding hydrogens is 291 g/mol. The van der Waals surface area contributed by atoms with Crippen LogP contribution in [0.4, 0.5) is 4.39 Å². The van der Waals surface area contributed by atoms with Gasteiger partial charge in [0.2, 0.25) is 0 Å². The molecule has 0 saturated heterocycles. The van der Waals surface area contributed by atoms with E-state index in [2.05, 4.69) is 12.3 Å². The molecule has 1 aromatic rings. The summed E-state index contributed by atoms with van der Waals surface area (Å²) in [5, 5.41) is 0.562. The van der Waals surface area contributed by atoms with Gasteiger partial charge in [-0.25, -0.2) is 4.39 Å². The Morgan fingerprint density at radius 2 is 2.33 bits per heavy atom. The van der Waals surface area contributed by atoms with E-state index in [4.69, 9.17) is 22.2 Å². The van der Waals surface area contributed by atoms with Gasteiger partial charge in [-0.3, -0.25) is 11.3 Å². The van der Waals surface area contributed by atoms with Gasteiger partial charge in [0.25, 0.3) is 0 Å². The second-order valence-electron chi connectivity index (χ2n) is 6.13. The molecule has 3 nitrogen and oxygen atoms in total. The van der Waals surface area contributed by atoms with Crippen LogP contribution in [0.2, 0.25) is 5.02 Å². The summed E-state index contributed by atoms with van der Waals surface area (Å²) in [6, 6.07) is 4.33. The number of hydrogen-bond acceptors (Lipinski definition) is 3. The predicted molar refractivity (Wildman–Crippen MR) is 83.6 cm³/mol. The molecule has 0 spiro atoms. The summed E-state index contributed by atoms with van der Waals surface area (Å²) in [5.41, 5.74) is 3.31. The maximum atomic E-state index is 13.4. The summed E-state index contributed by atoms with van der Waals surface area (Å²) in [5.74, 6) is 6.09. The average molecular weight is 315 g/mol. The Labute approximate surface area is 131 Å². The molecule has 1 aliphatic rings. The number of hydrazine groups is 1. The molecule has 1 saturated carbocycles. The Morgan fingerprint density at radius 1 is 1.57 bits per heavy atom. The van der Waals surface area contributed by atoms with Gasteiger partial charge in [0.15, 0.2) is 0 Å². The molecular formula is C16H24ClFN2O. The van der Waals surface area contributed by atoms with Crippen molar-refractivity contribution in [2.24, 2.45) is 11.8 Å². The lowest BCUT2D eigenvalue weighted by Gasteiger charge is -2.44. The SMILES string of the molecule is COC1(C(Cc2cc(F)ccc2Cl)NN)CCCC(C)C1. The zero-order valence-electron chi connectivity index (χ0n) is 12.7. The Kier molecular flexibility index (Phi) is 5.60. The highest BCUT2D eigenvalue weighted by molar-refractivity contribution is 6.31. The van der Waals surface area contributed by atoms with Crippen molar-refractivity contribution in [2.45, 2.75) is 50.7 Å². The van der Waals surface area contributed by atoms with E-state index in [1.165, 1.54) is 18.6 Å². The van der Waals surface area contributed by atoms with Crippen molar-refractivity contribution in [1.82, 2.24) is 5.43 Å². The summed E-state index contributed by atoms with van der Waals surface area (Å²) in [4.78, 5) is 0. The van der Waals surface area contributed by atoms with Gasteiger partial charge in [0.1, 0.15) is 5.82 Å². The Balaban J connectivity index is 2.23. The standard InChI is InChI=1S/C16H24ClFN2O/c1-11-4-3-7-16(10-11,21-2)15(20-19)9-12-8-13(18)5-6-14(12)17/h5-6,8,11,15,20H,3-4,7,9-10,19H2,1-2H3. The van der Waals surface area contributed by atoms with Crippen molar-refractivity contribution in [1.29, 1.82) is 0 Å². The van der Waals surface area contributed by atoms with Crippen LogP contribution in [0.5, 0.6) is 0 Å². The monoisotopic (exact) mass is 314 g/mol. The second-order valence-corrected chi connectivity index (χ2v) is 6.54. The van der Waals surface area contributed by atoms with Gasteiger partial charge in [-0.05, 0) is 48.9 Å². The molecule has 0 bridgehead atoms. The molecule has 5 heteroatoms. The van der Waals surface area contributed by atoms with Crippen LogP contribution < -0.4 is 11.3 Å². The highest BCUT2D eigenvalue weighted by atomic mass is 35.5. The minimum Gasteiger partial charge on any atom is -0.377 e. The van der Waals surface area contributed by atoms with Crippen LogP contribution in [0.1, 0.15) is 38.2 Å². The minimum atomic E-state index is -0.317. The Hall–Kier alpha value is -0.680. The van der Waals surface area contributed by atoms with Gasteiger partial charge in [-0.2, -0.15) is 0 Å². The van der Waals surface area contributed by atoms with E-state index in [-0.39, 0.29) is 17.5 Å². The second kappa shape index (κ2) is 7.05. The third-order valence-corrected chi connectivity index (χ3v) is 5.03. The third kappa shape index (κ3) is 3.75. The van der Waals surface area contributed by atoms with E-state index in [1.54, 1.807) is 13.2 Å². The maximum absolute atomic E-state index is 13.4.